The lowest BCUT2D eigenvalue weighted by Crippen LogP contribution is -2.43. The van der Waals surface area contributed by atoms with Crippen molar-refractivity contribution in [2.45, 2.75) is 96.5 Å². The van der Waals surface area contributed by atoms with Crippen molar-refractivity contribution in [2.24, 2.45) is 11.8 Å². The fourth-order valence-corrected chi connectivity index (χ4v) is 8.56. The smallest absolute Gasteiger partial charge is 0.248 e. The van der Waals surface area contributed by atoms with Gasteiger partial charge in [-0.1, -0.05) is 45.4 Å². The lowest BCUT2D eigenvalue weighted by atomic mass is 10.0. The molecule has 2 heterocycles. The normalized spacial score (nSPS) is 18.5. The van der Waals surface area contributed by atoms with Gasteiger partial charge in [-0.2, -0.15) is 0 Å². The van der Waals surface area contributed by atoms with Gasteiger partial charge < -0.3 is 34.9 Å². The van der Waals surface area contributed by atoms with Crippen LogP contribution in [0, 0.1) is 11.8 Å². The number of carbonyl (C=O) groups excluding carboxylic acids is 2. The Labute approximate surface area is 304 Å². The van der Waals surface area contributed by atoms with Crippen LogP contribution in [0.25, 0.3) is 10.9 Å². The van der Waals surface area contributed by atoms with Crippen LogP contribution in [0.2, 0.25) is 18.1 Å². The molecule has 2 aromatic carbocycles. The summed E-state index contributed by atoms with van der Waals surface area (Å²) in [5.41, 5.74) is 2.88. The van der Waals surface area contributed by atoms with Gasteiger partial charge in [-0.15, -0.1) is 0 Å². The average Bonchev–Trinajstić information content (AvgIpc) is 3.68. The van der Waals surface area contributed by atoms with Crippen molar-refractivity contribution in [3.8, 4) is 5.75 Å². The van der Waals surface area contributed by atoms with Crippen molar-refractivity contribution < 1.29 is 19.1 Å². The van der Waals surface area contributed by atoms with Crippen molar-refractivity contribution in [1.29, 1.82) is 0 Å². The van der Waals surface area contributed by atoms with Gasteiger partial charge >= 0.3 is 0 Å². The summed E-state index contributed by atoms with van der Waals surface area (Å²) >= 11 is 0. The molecule has 10 nitrogen and oxygen atoms in total. The largest absolute Gasteiger partial charge is 0.506 e. The Morgan fingerprint density at radius 3 is 2.41 bits per heavy atom. The zero-order valence-corrected chi connectivity index (χ0v) is 32.5. The van der Waals surface area contributed by atoms with Crippen LogP contribution in [0.1, 0.15) is 82.9 Å². The van der Waals surface area contributed by atoms with Crippen molar-refractivity contribution in [3.05, 3.63) is 70.0 Å². The number of hydrogen-bond donors (Lipinski definition) is 4. The molecule has 1 aromatic heterocycles. The number of aromatic amines is 1. The van der Waals surface area contributed by atoms with Gasteiger partial charge in [0.05, 0.1) is 11.6 Å². The molecule has 1 saturated carbocycles. The molecule has 1 aliphatic carbocycles. The second kappa shape index (κ2) is 16.9. The van der Waals surface area contributed by atoms with Crippen LogP contribution in [0.15, 0.2) is 53.3 Å². The van der Waals surface area contributed by atoms with Crippen LogP contribution >= 0.6 is 0 Å². The molecule has 5 rings (SSSR count). The maximum Gasteiger partial charge on any atom is 0.248 e. The van der Waals surface area contributed by atoms with Gasteiger partial charge in [0.1, 0.15) is 5.75 Å². The Balaban J connectivity index is 1.06. The predicted octanol–water partition coefficient (Wildman–Crippen LogP) is 6.78. The zero-order valence-electron chi connectivity index (χ0n) is 31.5. The maximum atomic E-state index is 12.7. The van der Waals surface area contributed by atoms with Crippen molar-refractivity contribution in [1.82, 2.24) is 20.1 Å². The third-order valence-corrected chi connectivity index (χ3v) is 15.9. The fraction of sp³-hybridized carbons (Fsp3) is 0.575. The highest BCUT2D eigenvalue weighted by molar-refractivity contribution is 6.74. The van der Waals surface area contributed by atoms with E-state index in [4.69, 9.17) is 4.43 Å². The van der Waals surface area contributed by atoms with E-state index in [9.17, 15) is 19.5 Å². The summed E-state index contributed by atoms with van der Waals surface area (Å²) in [7, 11) is -0.311. The number of anilines is 1. The van der Waals surface area contributed by atoms with E-state index in [1.807, 2.05) is 42.3 Å². The first-order chi connectivity index (χ1) is 24.2. The monoisotopic (exact) mass is 717 g/mol. The number of amides is 2. The topological polar surface area (TPSA) is 127 Å². The van der Waals surface area contributed by atoms with Gasteiger partial charge in [-0.3, -0.25) is 14.4 Å². The van der Waals surface area contributed by atoms with Crippen LogP contribution in [-0.4, -0.2) is 79.8 Å². The molecule has 278 valence electrons. The number of unbranched alkanes of at least 4 members (excludes halogenated alkanes) is 1. The number of phenolic OH excluding ortho intramolecular Hbond substituents is 1. The van der Waals surface area contributed by atoms with Gasteiger partial charge in [0, 0.05) is 76.3 Å². The van der Waals surface area contributed by atoms with E-state index in [1.165, 1.54) is 25.3 Å². The van der Waals surface area contributed by atoms with E-state index in [0.717, 1.165) is 66.5 Å². The molecule has 3 atom stereocenters. The molecule has 3 aromatic rings. The van der Waals surface area contributed by atoms with Crippen molar-refractivity contribution in [2.75, 3.05) is 45.1 Å². The van der Waals surface area contributed by atoms with Crippen LogP contribution in [-0.2, 0) is 20.6 Å². The number of aromatic hydroxyl groups is 1. The molecule has 4 N–H and O–H groups in total. The number of hydrogen-bond acceptors (Lipinski definition) is 7. The third-order valence-electron chi connectivity index (χ3n) is 11.4. The molecule has 0 bridgehead atoms. The zero-order chi connectivity index (χ0) is 36.8. The first-order valence-electron chi connectivity index (χ1n) is 18.8. The number of benzene rings is 2. The summed E-state index contributed by atoms with van der Waals surface area (Å²) in [6.07, 6.45) is 6.30. The molecule has 2 fully saturated rings. The highest BCUT2D eigenvalue weighted by Crippen LogP contribution is 2.41. The van der Waals surface area contributed by atoms with Crippen molar-refractivity contribution in [3.63, 3.8) is 0 Å². The molecule has 51 heavy (non-hydrogen) atoms. The number of carbonyl (C=O) groups is 2. The molecule has 2 amide bonds. The van der Waals surface area contributed by atoms with Crippen LogP contribution in [0.3, 0.4) is 0 Å². The van der Waals surface area contributed by atoms with E-state index < -0.39 is 8.32 Å². The minimum absolute atomic E-state index is 0.00580. The molecule has 1 saturated heterocycles. The Morgan fingerprint density at radius 2 is 1.73 bits per heavy atom. The van der Waals surface area contributed by atoms with Crippen molar-refractivity contribution >= 4 is 36.7 Å². The molecule has 1 aliphatic heterocycles. The Bertz CT molecular complexity index is 1690. The summed E-state index contributed by atoms with van der Waals surface area (Å²) in [6.45, 7) is 16.0. The molecule has 0 radical (unpaired) electrons. The lowest BCUT2D eigenvalue weighted by molar-refractivity contribution is -0.130. The summed E-state index contributed by atoms with van der Waals surface area (Å²) in [5.74, 6) is 1.90. The number of phenols is 1. The van der Waals surface area contributed by atoms with Crippen LogP contribution in [0.5, 0.6) is 5.75 Å². The molecule has 11 heteroatoms. The molecule has 2 aliphatic rings. The van der Waals surface area contributed by atoms with E-state index >= 15 is 0 Å². The summed E-state index contributed by atoms with van der Waals surface area (Å²) in [6, 6.07) is 14.6. The van der Waals surface area contributed by atoms with Gasteiger partial charge in [-0.25, -0.2) is 0 Å². The number of nitrogens with zero attached hydrogens (tertiary/aromatic N) is 2. The minimum atomic E-state index is -2.18. The van der Waals surface area contributed by atoms with E-state index in [-0.39, 0.29) is 34.3 Å². The van der Waals surface area contributed by atoms with Crippen LogP contribution < -0.4 is 16.2 Å². The number of likely N-dealkylation sites (tertiary alicyclic amines) is 1. The minimum Gasteiger partial charge on any atom is -0.506 e. The summed E-state index contributed by atoms with van der Waals surface area (Å²) in [5, 5.41) is 17.8. The summed E-state index contributed by atoms with van der Waals surface area (Å²) in [4.78, 5) is 44.4. The van der Waals surface area contributed by atoms with Crippen LogP contribution in [0.4, 0.5) is 5.69 Å². The maximum absolute atomic E-state index is 12.7. The fourth-order valence-electron chi connectivity index (χ4n) is 7.28. The molecule has 0 spiro atoms. The number of pyridine rings is 1. The van der Waals surface area contributed by atoms with E-state index in [2.05, 4.69) is 54.4 Å². The van der Waals surface area contributed by atoms with Gasteiger partial charge in [0.15, 0.2) is 8.32 Å². The molecular formula is C40H59N5O5Si. The molecule has 2 unspecified atom stereocenters. The average molecular weight is 718 g/mol. The highest BCUT2D eigenvalue weighted by Gasteiger charge is 2.40. The number of H-pyrrole nitrogens is 1. The van der Waals surface area contributed by atoms with E-state index in [1.54, 1.807) is 12.1 Å². The first-order valence-corrected chi connectivity index (χ1v) is 21.7. The van der Waals surface area contributed by atoms with Gasteiger partial charge in [0.25, 0.3) is 0 Å². The lowest BCUT2D eigenvalue weighted by Gasteiger charge is -2.39. The number of rotatable bonds is 16. The Kier molecular flexibility index (Phi) is 12.8. The second-order valence-electron chi connectivity index (χ2n) is 16.3. The Morgan fingerprint density at radius 1 is 1.02 bits per heavy atom. The quantitative estimate of drug-likeness (QED) is 0.0951. The predicted molar refractivity (Wildman–Crippen MR) is 207 cm³/mol. The number of aromatic nitrogens is 1. The standard InChI is InChI=1S/C40H59N5O5Si/c1-40(2,3)51(5,6)50-35(32-17-19-34(46)39-33(32)18-20-37(48)43-39)25-41-24-28-13-15-31(16-14-28)42-36(47)12-7-8-22-44(4)38(49)21-23-45-26-29-10-9-11-30(29)27-45/h13-20,29-30,35,41,46H,7-12,21-27H2,1-6H3,(H,42,47)(H,43,48)/t29?,30?,35-/m0/s1. The van der Waals surface area contributed by atoms with Gasteiger partial charge in [-0.05, 0) is 91.0 Å². The first kappa shape index (κ1) is 38.7. The van der Waals surface area contributed by atoms with E-state index in [0.29, 0.717) is 38.0 Å². The van der Waals surface area contributed by atoms with Gasteiger partial charge in [0.2, 0.25) is 17.4 Å². The second-order valence-corrected chi connectivity index (χ2v) is 21.0. The SMILES string of the molecule is CN(CCCCC(=O)Nc1ccc(CNC[C@H](O[Si](C)(C)C(C)(C)C)c2ccc(O)c3[nH]c(=O)ccc23)cc1)C(=O)CCN1CC2CCCC2C1. The number of fused-ring (bicyclic) bond motifs is 2. The number of nitrogens with one attached hydrogen (secondary N) is 3. The third kappa shape index (κ3) is 10.3. The summed E-state index contributed by atoms with van der Waals surface area (Å²) < 4.78 is 6.91. The Hall–Kier alpha value is -3.51. The molecular weight excluding hydrogens is 659 g/mol. The highest BCUT2D eigenvalue weighted by atomic mass is 28.4.